The highest BCUT2D eigenvalue weighted by molar-refractivity contribution is 6.31. The summed E-state index contributed by atoms with van der Waals surface area (Å²) in [5, 5.41) is 4.06. The Hall–Kier alpha value is -0.890. The number of nitrogen functional groups attached to an aromatic ring is 1. The molecule has 1 aliphatic carbocycles. The maximum atomic E-state index is 5.88. The van der Waals surface area contributed by atoms with Gasteiger partial charge in [-0.25, -0.2) is 0 Å². The summed E-state index contributed by atoms with van der Waals surface area (Å²) in [5.74, 6) is 1.68. The fourth-order valence-corrected chi connectivity index (χ4v) is 1.78. The zero-order chi connectivity index (χ0) is 10.1. The maximum Gasteiger partial charge on any atom is 0.0588 e. The van der Waals surface area contributed by atoms with Crippen LogP contribution in [0, 0.1) is 11.8 Å². The molecule has 3 N–H and O–H groups in total. The summed E-state index contributed by atoms with van der Waals surface area (Å²) in [6.45, 7) is 3.28. The van der Waals surface area contributed by atoms with Crippen molar-refractivity contribution in [3.05, 3.63) is 23.2 Å². The normalized spacial score (nSPS) is 24.7. The Kier molecular flexibility index (Phi) is 2.55. The number of halogens is 1. The molecule has 0 radical (unpaired) electrons. The average Bonchev–Trinajstić information content (AvgIpc) is 2.84. The summed E-state index contributed by atoms with van der Waals surface area (Å²) in [6.07, 6.45) is 1.33. The number of nitrogens with one attached hydrogen (secondary N) is 1. The molecule has 2 rings (SSSR count). The lowest BCUT2D eigenvalue weighted by atomic mass is 10.2. The fourth-order valence-electron chi connectivity index (χ4n) is 1.61. The highest BCUT2D eigenvalue weighted by Crippen LogP contribution is 2.38. The van der Waals surface area contributed by atoms with Gasteiger partial charge in [0.1, 0.15) is 0 Å². The van der Waals surface area contributed by atoms with E-state index in [1.807, 2.05) is 18.2 Å². The van der Waals surface area contributed by atoms with Crippen LogP contribution in [0.1, 0.15) is 13.3 Å². The van der Waals surface area contributed by atoms with E-state index in [1.165, 1.54) is 6.42 Å². The molecule has 0 aliphatic heterocycles. The Labute approximate surface area is 89.4 Å². The molecular weight excluding hydrogens is 196 g/mol. The molecule has 3 heteroatoms. The molecule has 1 aliphatic rings. The lowest BCUT2D eigenvalue weighted by Crippen LogP contribution is -2.06. The van der Waals surface area contributed by atoms with E-state index in [4.69, 9.17) is 17.3 Å². The number of anilines is 2. The quantitative estimate of drug-likeness (QED) is 0.753. The summed E-state index contributed by atoms with van der Waals surface area (Å²) in [4.78, 5) is 0. The van der Waals surface area contributed by atoms with Gasteiger partial charge in [0, 0.05) is 11.6 Å². The minimum atomic E-state index is 0.727. The smallest absolute Gasteiger partial charge is 0.0588 e. The predicted molar refractivity (Wildman–Crippen MR) is 61.6 cm³/mol. The molecule has 0 aromatic heterocycles. The number of nitrogens with two attached hydrogens (primary N) is 1. The standard InChI is InChI=1S/C11H15ClN2/c1-7-4-8(7)6-14-11-5-9(12)2-3-10(11)13/h2-3,5,7-8,14H,4,6,13H2,1H3. The summed E-state index contributed by atoms with van der Waals surface area (Å²) < 4.78 is 0. The first-order valence-electron chi connectivity index (χ1n) is 4.95. The largest absolute Gasteiger partial charge is 0.397 e. The monoisotopic (exact) mass is 210 g/mol. The van der Waals surface area contributed by atoms with Crippen LogP contribution in [0.5, 0.6) is 0 Å². The summed E-state index contributed by atoms with van der Waals surface area (Å²) in [5.41, 5.74) is 7.53. The zero-order valence-corrected chi connectivity index (χ0v) is 9.01. The van der Waals surface area contributed by atoms with E-state index in [9.17, 15) is 0 Å². The topological polar surface area (TPSA) is 38.0 Å². The van der Waals surface area contributed by atoms with Crippen LogP contribution in [0.4, 0.5) is 11.4 Å². The van der Waals surface area contributed by atoms with Gasteiger partial charge in [0.25, 0.3) is 0 Å². The van der Waals surface area contributed by atoms with Crippen molar-refractivity contribution in [2.24, 2.45) is 11.8 Å². The summed E-state index contributed by atoms with van der Waals surface area (Å²) in [7, 11) is 0. The van der Waals surface area contributed by atoms with Gasteiger partial charge in [-0.2, -0.15) is 0 Å². The number of benzene rings is 1. The van der Waals surface area contributed by atoms with Crippen molar-refractivity contribution >= 4 is 23.0 Å². The fraction of sp³-hybridized carbons (Fsp3) is 0.455. The Bertz CT molecular complexity index is 338. The molecule has 76 valence electrons. The molecule has 0 heterocycles. The van der Waals surface area contributed by atoms with Crippen molar-refractivity contribution in [3.8, 4) is 0 Å². The third-order valence-corrected chi connectivity index (χ3v) is 3.08. The number of hydrogen-bond donors (Lipinski definition) is 2. The lowest BCUT2D eigenvalue weighted by Gasteiger charge is -2.08. The van der Waals surface area contributed by atoms with E-state index < -0.39 is 0 Å². The predicted octanol–water partition coefficient (Wildman–Crippen LogP) is 2.99. The highest BCUT2D eigenvalue weighted by atomic mass is 35.5. The molecule has 1 aromatic rings. The van der Waals surface area contributed by atoms with Crippen LogP contribution in [0.15, 0.2) is 18.2 Å². The molecule has 0 spiro atoms. The van der Waals surface area contributed by atoms with E-state index >= 15 is 0 Å². The first kappa shape index (κ1) is 9.66. The van der Waals surface area contributed by atoms with Crippen molar-refractivity contribution in [3.63, 3.8) is 0 Å². The second kappa shape index (κ2) is 3.70. The Morgan fingerprint density at radius 1 is 1.57 bits per heavy atom. The Morgan fingerprint density at radius 2 is 2.29 bits per heavy atom. The average molecular weight is 211 g/mol. The van der Waals surface area contributed by atoms with E-state index in [2.05, 4.69) is 12.2 Å². The molecule has 2 unspecified atom stereocenters. The van der Waals surface area contributed by atoms with Crippen LogP contribution in [-0.2, 0) is 0 Å². The molecule has 2 atom stereocenters. The van der Waals surface area contributed by atoms with Crippen LogP contribution < -0.4 is 11.1 Å². The van der Waals surface area contributed by atoms with Gasteiger partial charge in [-0.1, -0.05) is 18.5 Å². The second-order valence-electron chi connectivity index (χ2n) is 4.09. The second-order valence-corrected chi connectivity index (χ2v) is 4.52. The van der Waals surface area contributed by atoms with Crippen molar-refractivity contribution in [1.29, 1.82) is 0 Å². The maximum absolute atomic E-state index is 5.88. The van der Waals surface area contributed by atoms with E-state index in [0.717, 1.165) is 34.8 Å². The Morgan fingerprint density at radius 3 is 2.93 bits per heavy atom. The van der Waals surface area contributed by atoms with Gasteiger partial charge >= 0.3 is 0 Å². The van der Waals surface area contributed by atoms with Gasteiger partial charge in [0.15, 0.2) is 0 Å². The van der Waals surface area contributed by atoms with Gasteiger partial charge in [0.2, 0.25) is 0 Å². The van der Waals surface area contributed by atoms with Crippen LogP contribution in [0.2, 0.25) is 5.02 Å². The Balaban J connectivity index is 1.97. The van der Waals surface area contributed by atoms with Crippen molar-refractivity contribution in [1.82, 2.24) is 0 Å². The molecular formula is C11H15ClN2. The molecule has 0 saturated heterocycles. The van der Waals surface area contributed by atoms with Crippen molar-refractivity contribution in [2.45, 2.75) is 13.3 Å². The molecule has 0 amide bonds. The summed E-state index contributed by atoms with van der Waals surface area (Å²) in [6, 6.07) is 5.52. The van der Waals surface area contributed by atoms with Crippen LogP contribution >= 0.6 is 11.6 Å². The van der Waals surface area contributed by atoms with E-state index in [1.54, 1.807) is 0 Å². The highest BCUT2D eigenvalue weighted by Gasteiger charge is 2.31. The van der Waals surface area contributed by atoms with Gasteiger partial charge in [-0.15, -0.1) is 0 Å². The zero-order valence-electron chi connectivity index (χ0n) is 8.26. The third kappa shape index (κ3) is 2.13. The molecule has 1 saturated carbocycles. The van der Waals surface area contributed by atoms with Crippen LogP contribution in [0.3, 0.4) is 0 Å². The SMILES string of the molecule is CC1CC1CNc1cc(Cl)ccc1N. The molecule has 2 nitrogen and oxygen atoms in total. The van der Waals surface area contributed by atoms with Gasteiger partial charge in [-0.05, 0) is 36.5 Å². The molecule has 14 heavy (non-hydrogen) atoms. The minimum Gasteiger partial charge on any atom is -0.397 e. The lowest BCUT2D eigenvalue weighted by molar-refractivity contribution is 0.787. The first-order valence-corrected chi connectivity index (χ1v) is 5.33. The van der Waals surface area contributed by atoms with Gasteiger partial charge < -0.3 is 11.1 Å². The number of rotatable bonds is 3. The molecule has 0 bridgehead atoms. The summed E-state index contributed by atoms with van der Waals surface area (Å²) >= 11 is 5.88. The first-order chi connectivity index (χ1) is 6.66. The van der Waals surface area contributed by atoms with Crippen LogP contribution in [-0.4, -0.2) is 6.54 Å². The molecule has 1 aromatic carbocycles. The van der Waals surface area contributed by atoms with Crippen molar-refractivity contribution < 1.29 is 0 Å². The van der Waals surface area contributed by atoms with E-state index in [-0.39, 0.29) is 0 Å². The van der Waals surface area contributed by atoms with E-state index in [0.29, 0.717) is 0 Å². The van der Waals surface area contributed by atoms with Crippen molar-refractivity contribution in [2.75, 3.05) is 17.6 Å². The van der Waals surface area contributed by atoms with Gasteiger partial charge in [-0.3, -0.25) is 0 Å². The van der Waals surface area contributed by atoms with Crippen LogP contribution in [0.25, 0.3) is 0 Å². The molecule has 1 fully saturated rings. The van der Waals surface area contributed by atoms with Gasteiger partial charge in [0.05, 0.1) is 11.4 Å². The third-order valence-electron chi connectivity index (χ3n) is 2.85. The number of hydrogen-bond acceptors (Lipinski definition) is 2. The minimum absolute atomic E-state index is 0.727.